The molecule has 2 heterocycles. The van der Waals surface area contributed by atoms with Gasteiger partial charge in [-0.2, -0.15) is 0 Å². The Balaban J connectivity index is 1.48. The minimum Gasteiger partial charge on any atom is -0.370 e. The second-order valence-electron chi connectivity index (χ2n) is 6.18. The quantitative estimate of drug-likeness (QED) is 0.730. The highest BCUT2D eigenvalue weighted by atomic mass is 16.5. The van der Waals surface area contributed by atoms with Crippen molar-refractivity contribution in [2.75, 3.05) is 19.7 Å². The second-order valence-corrected chi connectivity index (χ2v) is 6.18. The molecule has 1 unspecified atom stereocenters. The van der Waals surface area contributed by atoms with Gasteiger partial charge in [0.2, 0.25) is 0 Å². The predicted molar refractivity (Wildman–Crippen MR) is 98.5 cm³/mol. The van der Waals surface area contributed by atoms with Crippen LogP contribution in [-0.4, -0.2) is 40.5 Å². The van der Waals surface area contributed by atoms with E-state index in [0.717, 1.165) is 11.1 Å². The first-order chi connectivity index (χ1) is 12.8. The van der Waals surface area contributed by atoms with Gasteiger partial charge in [-0.1, -0.05) is 60.7 Å². The molecule has 0 spiro atoms. The van der Waals surface area contributed by atoms with Gasteiger partial charge in [-0.3, -0.25) is 4.79 Å². The monoisotopic (exact) mass is 345 g/mol. The highest BCUT2D eigenvalue weighted by molar-refractivity contribution is 5.93. The summed E-state index contributed by atoms with van der Waals surface area (Å²) in [5.74, 6) is 0.556. The molecule has 5 heteroatoms. The fourth-order valence-electron chi connectivity index (χ4n) is 3.06. The fraction of sp³-hybridized carbons (Fsp3) is 0.190. The normalized spacial score (nSPS) is 17.1. The summed E-state index contributed by atoms with van der Waals surface area (Å²) < 4.78 is 5.83. The number of rotatable bonds is 3. The van der Waals surface area contributed by atoms with E-state index in [1.54, 1.807) is 12.4 Å². The molecule has 0 radical (unpaired) electrons. The molecule has 1 fully saturated rings. The standard InChI is InChI=1S/C21H19N3O2/c25-21(18-13-22-20(23-14-18)17-9-5-2-6-10-17)24-11-12-26-19(15-24)16-7-3-1-4-8-16/h1-10,13-14,19H,11-12,15H2. The molecule has 1 aromatic heterocycles. The van der Waals surface area contributed by atoms with Crippen LogP contribution in [0.1, 0.15) is 22.0 Å². The van der Waals surface area contributed by atoms with Crippen molar-refractivity contribution in [1.82, 2.24) is 14.9 Å². The summed E-state index contributed by atoms with van der Waals surface area (Å²) in [5.41, 5.74) is 2.51. The number of morpholine rings is 1. The van der Waals surface area contributed by atoms with Crippen LogP contribution < -0.4 is 0 Å². The van der Waals surface area contributed by atoms with E-state index < -0.39 is 0 Å². The Morgan fingerprint density at radius 3 is 2.31 bits per heavy atom. The zero-order chi connectivity index (χ0) is 17.8. The number of ether oxygens (including phenoxy) is 1. The predicted octanol–water partition coefficient (Wildman–Crippen LogP) is 3.36. The number of carbonyl (C=O) groups is 1. The Kier molecular flexibility index (Phi) is 4.71. The summed E-state index contributed by atoms with van der Waals surface area (Å²) in [7, 11) is 0. The zero-order valence-corrected chi connectivity index (χ0v) is 14.3. The lowest BCUT2D eigenvalue weighted by Crippen LogP contribution is -2.42. The molecule has 5 nitrogen and oxygen atoms in total. The van der Waals surface area contributed by atoms with Gasteiger partial charge in [0, 0.05) is 24.5 Å². The third kappa shape index (κ3) is 3.48. The Bertz CT molecular complexity index is 867. The van der Waals surface area contributed by atoms with Crippen molar-refractivity contribution >= 4 is 5.91 Å². The van der Waals surface area contributed by atoms with Crippen molar-refractivity contribution < 1.29 is 9.53 Å². The third-order valence-electron chi connectivity index (χ3n) is 4.46. The fourth-order valence-corrected chi connectivity index (χ4v) is 3.06. The van der Waals surface area contributed by atoms with Crippen LogP contribution in [0.5, 0.6) is 0 Å². The van der Waals surface area contributed by atoms with Gasteiger partial charge in [0.1, 0.15) is 6.10 Å². The van der Waals surface area contributed by atoms with Gasteiger partial charge in [0.05, 0.1) is 18.7 Å². The third-order valence-corrected chi connectivity index (χ3v) is 4.46. The van der Waals surface area contributed by atoms with Crippen molar-refractivity contribution in [2.24, 2.45) is 0 Å². The van der Waals surface area contributed by atoms with Gasteiger partial charge < -0.3 is 9.64 Å². The summed E-state index contributed by atoms with van der Waals surface area (Å²) in [4.78, 5) is 23.3. The first-order valence-corrected chi connectivity index (χ1v) is 8.64. The van der Waals surface area contributed by atoms with Crippen molar-refractivity contribution in [3.8, 4) is 11.4 Å². The van der Waals surface area contributed by atoms with Crippen LogP contribution in [0.4, 0.5) is 0 Å². The van der Waals surface area contributed by atoms with E-state index in [-0.39, 0.29) is 12.0 Å². The molecule has 1 atom stereocenters. The molecule has 2 aromatic carbocycles. The van der Waals surface area contributed by atoms with Crippen molar-refractivity contribution in [3.05, 3.63) is 84.2 Å². The number of hydrogen-bond donors (Lipinski definition) is 0. The van der Waals surface area contributed by atoms with E-state index in [4.69, 9.17) is 4.74 Å². The van der Waals surface area contributed by atoms with E-state index in [2.05, 4.69) is 9.97 Å². The Morgan fingerprint density at radius 2 is 1.62 bits per heavy atom. The Labute approximate surface area is 152 Å². The maximum absolute atomic E-state index is 12.8. The highest BCUT2D eigenvalue weighted by Gasteiger charge is 2.26. The number of aromatic nitrogens is 2. The summed E-state index contributed by atoms with van der Waals surface area (Å²) in [5, 5.41) is 0. The van der Waals surface area contributed by atoms with Gasteiger partial charge in [-0.25, -0.2) is 9.97 Å². The molecule has 1 saturated heterocycles. The van der Waals surface area contributed by atoms with Gasteiger partial charge in [-0.15, -0.1) is 0 Å². The molecule has 26 heavy (non-hydrogen) atoms. The lowest BCUT2D eigenvalue weighted by molar-refractivity contribution is -0.0228. The van der Waals surface area contributed by atoms with Gasteiger partial charge >= 0.3 is 0 Å². The largest absolute Gasteiger partial charge is 0.370 e. The molecule has 3 aromatic rings. The topological polar surface area (TPSA) is 55.3 Å². The highest BCUT2D eigenvalue weighted by Crippen LogP contribution is 2.23. The van der Waals surface area contributed by atoms with E-state index in [0.29, 0.717) is 31.1 Å². The molecule has 4 rings (SSSR count). The minimum absolute atomic E-state index is 0.0613. The summed E-state index contributed by atoms with van der Waals surface area (Å²) in [6, 6.07) is 19.7. The molecular formula is C21H19N3O2. The van der Waals surface area contributed by atoms with Crippen LogP contribution in [0, 0.1) is 0 Å². The average Bonchev–Trinajstić information content (AvgIpc) is 2.75. The van der Waals surface area contributed by atoms with Crippen LogP contribution in [0.15, 0.2) is 73.1 Å². The van der Waals surface area contributed by atoms with E-state index >= 15 is 0 Å². The van der Waals surface area contributed by atoms with Crippen LogP contribution >= 0.6 is 0 Å². The molecule has 1 aliphatic rings. The molecule has 0 saturated carbocycles. The maximum atomic E-state index is 12.8. The van der Waals surface area contributed by atoms with E-state index in [1.807, 2.05) is 65.6 Å². The number of hydrogen-bond acceptors (Lipinski definition) is 4. The van der Waals surface area contributed by atoms with Crippen LogP contribution in [0.2, 0.25) is 0 Å². The summed E-state index contributed by atoms with van der Waals surface area (Å²) in [6.45, 7) is 1.63. The second kappa shape index (κ2) is 7.45. The summed E-state index contributed by atoms with van der Waals surface area (Å²) in [6.07, 6.45) is 3.10. The molecule has 1 amide bonds. The molecule has 0 bridgehead atoms. The lowest BCUT2D eigenvalue weighted by atomic mass is 10.1. The average molecular weight is 345 g/mol. The van der Waals surface area contributed by atoms with Crippen LogP contribution in [0.3, 0.4) is 0 Å². The van der Waals surface area contributed by atoms with E-state index in [1.165, 1.54) is 0 Å². The molecule has 0 aliphatic carbocycles. The Hall–Kier alpha value is -3.05. The lowest BCUT2D eigenvalue weighted by Gasteiger charge is -2.33. The Morgan fingerprint density at radius 1 is 0.962 bits per heavy atom. The van der Waals surface area contributed by atoms with Crippen molar-refractivity contribution in [3.63, 3.8) is 0 Å². The van der Waals surface area contributed by atoms with Gasteiger partial charge in [0.15, 0.2) is 5.82 Å². The van der Waals surface area contributed by atoms with E-state index in [9.17, 15) is 4.79 Å². The number of amides is 1. The number of benzene rings is 2. The zero-order valence-electron chi connectivity index (χ0n) is 14.3. The minimum atomic E-state index is -0.0987. The number of nitrogens with zero attached hydrogens (tertiary/aromatic N) is 3. The smallest absolute Gasteiger partial charge is 0.257 e. The first-order valence-electron chi connectivity index (χ1n) is 8.64. The van der Waals surface area contributed by atoms with Crippen LogP contribution in [-0.2, 0) is 4.74 Å². The molecule has 1 aliphatic heterocycles. The summed E-state index contributed by atoms with van der Waals surface area (Å²) >= 11 is 0. The first kappa shape index (κ1) is 16.4. The van der Waals surface area contributed by atoms with Crippen molar-refractivity contribution in [2.45, 2.75) is 6.10 Å². The maximum Gasteiger partial charge on any atom is 0.257 e. The van der Waals surface area contributed by atoms with Crippen molar-refractivity contribution in [1.29, 1.82) is 0 Å². The van der Waals surface area contributed by atoms with Gasteiger partial charge in [-0.05, 0) is 5.56 Å². The number of carbonyl (C=O) groups excluding carboxylic acids is 1. The van der Waals surface area contributed by atoms with Gasteiger partial charge in [0.25, 0.3) is 5.91 Å². The molecular weight excluding hydrogens is 326 g/mol. The molecule has 0 N–H and O–H groups in total. The SMILES string of the molecule is O=C(c1cnc(-c2ccccc2)nc1)N1CCOC(c2ccccc2)C1. The van der Waals surface area contributed by atoms with Crippen LogP contribution in [0.25, 0.3) is 11.4 Å². The molecule has 130 valence electrons.